The molecule has 5 aromatic rings. The van der Waals surface area contributed by atoms with Crippen molar-refractivity contribution in [1.82, 2.24) is 24.9 Å². The topological polar surface area (TPSA) is 79.4 Å². The van der Waals surface area contributed by atoms with E-state index < -0.39 is 0 Å². The number of fused-ring (bicyclic) bond motifs is 2. The van der Waals surface area contributed by atoms with E-state index >= 15 is 0 Å². The number of aromatic nitrogens is 5. The van der Waals surface area contributed by atoms with Crippen LogP contribution in [0.25, 0.3) is 33.3 Å². The Morgan fingerprint density at radius 2 is 1.90 bits per heavy atom. The van der Waals surface area contributed by atoms with Crippen LogP contribution in [0.5, 0.6) is 0 Å². The Balaban J connectivity index is 1.65. The van der Waals surface area contributed by atoms with Gasteiger partial charge in [0, 0.05) is 16.5 Å². The molecule has 5 rings (SSSR count). The van der Waals surface area contributed by atoms with Gasteiger partial charge in [-0.15, -0.1) is 0 Å². The molecule has 0 aliphatic rings. The summed E-state index contributed by atoms with van der Waals surface area (Å²) in [6.07, 6.45) is 3.05. The number of hydrogen-bond donors (Lipinski definition) is 2. The number of hydrogen-bond acceptors (Lipinski definition) is 5. The van der Waals surface area contributed by atoms with E-state index in [4.69, 9.17) is 16.6 Å². The zero-order valence-electron chi connectivity index (χ0n) is 15.9. The van der Waals surface area contributed by atoms with Crippen molar-refractivity contribution in [2.75, 3.05) is 5.32 Å². The molecule has 30 heavy (non-hydrogen) atoms. The van der Waals surface area contributed by atoms with E-state index in [1.807, 2.05) is 25.1 Å². The van der Waals surface area contributed by atoms with Gasteiger partial charge in [-0.2, -0.15) is 0 Å². The van der Waals surface area contributed by atoms with E-state index in [9.17, 15) is 4.39 Å². The van der Waals surface area contributed by atoms with Crippen molar-refractivity contribution in [3.8, 4) is 11.3 Å². The number of pyridine rings is 1. The van der Waals surface area contributed by atoms with Gasteiger partial charge in [0.1, 0.15) is 17.7 Å². The van der Waals surface area contributed by atoms with Crippen LogP contribution in [0.15, 0.2) is 61.2 Å². The van der Waals surface area contributed by atoms with Gasteiger partial charge in [-0.1, -0.05) is 23.7 Å². The average Bonchev–Trinajstić information content (AvgIpc) is 3.24. The summed E-state index contributed by atoms with van der Waals surface area (Å²) in [6.45, 7) is 2.02. The summed E-state index contributed by atoms with van der Waals surface area (Å²) in [6, 6.07) is 13.8. The minimum absolute atomic E-state index is 0.165. The first-order chi connectivity index (χ1) is 14.6. The van der Waals surface area contributed by atoms with Crippen molar-refractivity contribution >= 4 is 39.5 Å². The molecule has 1 atom stereocenters. The highest BCUT2D eigenvalue weighted by molar-refractivity contribution is 6.35. The SMILES string of the molecule is CC(Nc1ncnc2nc[nH]c12)c1cc2cccc(Cl)c2nc1-c1ccc(F)cc1. The van der Waals surface area contributed by atoms with Crippen molar-refractivity contribution in [1.29, 1.82) is 0 Å². The van der Waals surface area contributed by atoms with Crippen molar-refractivity contribution < 1.29 is 4.39 Å². The lowest BCUT2D eigenvalue weighted by molar-refractivity contribution is 0.628. The number of nitrogens with one attached hydrogen (secondary N) is 2. The van der Waals surface area contributed by atoms with Crippen LogP contribution in [0.3, 0.4) is 0 Å². The van der Waals surface area contributed by atoms with Crippen LogP contribution >= 0.6 is 11.6 Å². The predicted octanol–water partition coefficient (Wildman–Crippen LogP) is 5.53. The molecular formula is C22H16ClFN6. The lowest BCUT2D eigenvalue weighted by Crippen LogP contribution is -2.11. The van der Waals surface area contributed by atoms with Crippen molar-refractivity contribution in [3.63, 3.8) is 0 Å². The van der Waals surface area contributed by atoms with Gasteiger partial charge in [0.25, 0.3) is 0 Å². The van der Waals surface area contributed by atoms with E-state index in [0.717, 1.165) is 27.7 Å². The standard InChI is InChI=1S/C22H16ClFN6/c1-12(29-22-20-21(26-10-25-20)27-11-28-22)16-9-14-3-2-4-17(23)19(14)30-18(16)13-5-7-15(24)8-6-13/h2-12H,1H3,(H2,25,26,27,28,29). The Kier molecular flexibility index (Phi) is 4.52. The molecule has 0 fully saturated rings. The molecule has 6 nitrogen and oxygen atoms in total. The number of para-hydroxylation sites is 1. The maximum atomic E-state index is 13.5. The summed E-state index contributed by atoms with van der Waals surface area (Å²) in [5.74, 6) is 0.342. The van der Waals surface area contributed by atoms with Crippen LogP contribution in [0.4, 0.5) is 10.2 Å². The number of rotatable bonds is 4. The summed E-state index contributed by atoms with van der Waals surface area (Å²) >= 11 is 6.39. The Hall–Kier alpha value is -3.58. The monoisotopic (exact) mass is 418 g/mol. The highest BCUT2D eigenvalue weighted by atomic mass is 35.5. The third-order valence-electron chi connectivity index (χ3n) is 4.99. The van der Waals surface area contributed by atoms with Crippen LogP contribution in [-0.2, 0) is 0 Å². The zero-order chi connectivity index (χ0) is 20.7. The smallest absolute Gasteiger partial charge is 0.182 e. The van der Waals surface area contributed by atoms with Gasteiger partial charge in [-0.25, -0.2) is 24.3 Å². The second-order valence-electron chi connectivity index (χ2n) is 6.93. The number of halogens is 2. The normalized spacial score (nSPS) is 12.4. The number of imidazole rings is 1. The molecule has 2 aromatic carbocycles. The van der Waals surface area contributed by atoms with Gasteiger partial charge in [0.15, 0.2) is 11.5 Å². The van der Waals surface area contributed by atoms with Crippen molar-refractivity contribution in [2.45, 2.75) is 13.0 Å². The van der Waals surface area contributed by atoms with Crippen molar-refractivity contribution in [2.24, 2.45) is 0 Å². The first-order valence-corrected chi connectivity index (χ1v) is 9.73. The summed E-state index contributed by atoms with van der Waals surface area (Å²) in [5.41, 5.74) is 4.48. The van der Waals surface area contributed by atoms with Gasteiger partial charge in [-0.3, -0.25) is 0 Å². The largest absolute Gasteiger partial charge is 0.362 e. The first-order valence-electron chi connectivity index (χ1n) is 9.36. The lowest BCUT2D eigenvalue weighted by atomic mass is 9.98. The van der Waals surface area contributed by atoms with Gasteiger partial charge in [0.05, 0.1) is 28.6 Å². The molecule has 0 saturated carbocycles. The molecule has 3 heterocycles. The van der Waals surface area contributed by atoms with Gasteiger partial charge in [-0.05, 0) is 43.3 Å². The number of H-pyrrole nitrogens is 1. The molecule has 8 heteroatoms. The number of anilines is 1. The van der Waals surface area contributed by atoms with Crippen LogP contribution in [0.2, 0.25) is 5.02 Å². The highest BCUT2D eigenvalue weighted by Gasteiger charge is 2.18. The van der Waals surface area contributed by atoms with Gasteiger partial charge >= 0.3 is 0 Å². The van der Waals surface area contributed by atoms with E-state index in [1.165, 1.54) is 18.5 Å². The molecule has 3 aromatic heterocycles. The highest BCUT2D eigenvalue weighted by Crippen LogP contribution is 2.34. The Bertz CT molecular complexity index is 1370. The van der Waals surface area contributed by atoms with E-state index in [-0.39, 0.29) is 11.9 Å². The molecule has 0 aliphatic carbocycles. The molecule has 0 radical (unpaired) electrons. The van der Waals surface area contributed by atoms with Crippen LogP contribution in [0.1, 0.15) is 18.5 Å². The average molecular weight is 419 g/mol. The zero-order valence-corrected chi connectivity index (χ0v) is 16.7. The van der Waals surface area contributed by atoms with Crippen LogP contribution in [-0.4, -0.2) is 24.9 Å². The fourth-order valence-electron chi connectivity index (χ4n) is 3.51. The minimum atomic E-state index is -0.298. The third kappa shape index (κ3) is 3.23. The second kappa shape index (κ2) is 7.35. The van der Waals surface area contributed by atoms with E-state index in [2.05, 4.69) is 31.3 Å². The van der Waals surface area contributed by atoms with E-state index in [0.29, 0.717) is 22.0 Å². The molecule has 1 unspecified atom stereocenters. The van der Waals surface area contributed by atoms with Crippen LogP contribution in [0, 0.1) is 5.82 Å². The maximum absolute atomic E-state index is 13.5. The fourth-order valence-corrected chi connectivity index (χ4v) is 3.73. The Labute approximate surface area is 176 Å². The van der Waals surface area contributed by atoms with Crippen molar-refractivity contribution in [3.05, 3.63) is 77.6 Å². The molecule has 0 spiro atoms. The lowest BCUT2D eigenvalue weighted by Gasteiger charge is -2.19. The molecule has 148 valence electrons. The molecular weight excluding hydrogens is 403 g/mol. The maximum Gasteiger partial charge on any atom is 0.182 e. The number of nitrogens with zero attached hydrogens (tertiary/aromatic N) is 4. The minimum Gasteiger partial charge on any atom is -0.362 e. The molecule has 0 aliphatic heterocycles. The molecule has 0 amide bonds. The fraction of sp³-hybridized carbons (Fsp3) is 0.0909. The van der Waals surface area contributed by atoms with Gasteiger partial charge in [0.2, 0.25) is 0 Å². The van der Waals surface area contributed by atoms with Gasteiger partial charge < -0.3 is 10.3 Å². The first kappa shape index (κ1) is 18.4. The third-order valence-corrected chi connectivity index (χ3v) is 5.29. The second-order valence-corrected chi connectivity index (χ2v) is 7.34. The Morgan fingerprint density at radius 1 is 1.07 bits per heavy atom. The summed E-state index contributed by atoms with van der Waals surface area (Å²) in [5, 5.41) is 4.91. The molecule has 0 bridgehead atoms. The summed E-state index contributed by atoms with van der Waals surface area (Å²) in [7, 11) is 0. The quantitative estimate of drug-likeness (QED) is 0.401. The molecule has 2 N–H and O–H groups in total. The predicted molar refractivity (Wildman–Crippen MR) is 116 cm³/mol. The Morgan fingerprint density at radius 3 is 2.73 bits per heavy atom. The number of aromatic amines is 1. The van der Waals surface area contributed by atoms with Crippen LogP contribution < -0.4 is 5.32 Å². The summed E-state index contributed by atoms with van der Waals surface area (Å²) in [4.78, 5) is 20.6. The molecule has 0 saturated heterocycles. The summed E-state index contributed by atoms with van der Waals surface area (Å²) < 4.78 is 13.5. The number of benzene rings is 2. The van der Waals surface area contributed by atoms with E-state index in [1.54, 1.807) is 18.5 Å².